The summed E-state index contributed by atoms with van der Waals surface area (Å²) in [5.74, 6) is -1.41. The maximum Gasteiger partial charge on any atom is 0.338 e. The van der Waals surface area contributed by atoms with Gasteiger partial charge in [0.1, 0.15) is 0 Å². The van der Waals surface area contributed by atoms with Crippen molar-refractivity contribution in [2.45, 2.75) is 6.92 Å². The molecule has 1 aliphatic rings. The fraction of sp³-hybridized carbons (Fsp3) is 0.308. The van der Waals surface area contributed by atoms with Crippen molar-refractivity contribution >= 4 is 23.6 Å². The van der Waals surface area contributed by atoms with Crippen LogP contribution in [-0.2, 0) is 9.53 Å². The van der Waals surface area contributed by atoms with Crippen LogP contribution in [0.3, 0.4) is 0 Å². The monoisotopic (exact) mass is 307 g/mol. The molecule has 1 fully saturated rings. The Labute approximate surface area is 125 Å². The fourth-order valence-electron chi connectivity index (χ4n) is 1.99. The smallest absolute Gasteiger partial charge is 0.338 e. The van der Waals surface area contributed by atoms with Gasteiger partial charge in [0, 0.05) is 24.7 Å². The Morgan fingerprint density at radius 2 is 2.18 bits per heavy atom. The van der Waals surface area contributed by atoms with E-state index in [2.05, 4.69) is 5.32 Å². The molecule has 1 aromatic carbocycles. The largest absolute Gasteiger partial charge is 0.452 e. The Hall–Kier alpha value is -2.97. The number of amides is 3. The van der Waals surface area contributed by atoms with Gasteiger partial charge < -0.3 is 10.1 Å². The molecular weight excluding hydrogens is 294 g/mol. The van der Waals surface area contributed by atoms with Gasteiger partial charge in [0.15, 0.2) is 6.61 Å². The quantitative estimate of drug-likeness (QED) is 0.494. The number of nitro benzene ring substituents is 1. The SMILES string of the molecule is Cc1cc(C(=O)OCC(=O)N2CCNC2=O)ccc1[N+](=O)[O-]. The zero-order chi connectivity index (χ0) is 16.3. The summed E-state index contributed by atoms with van der Waals surface area (Å²) in [5.41, 5.74) is 0.299. The van der Waals surface area contributed by atoms with Crippen molar-refractivity contribution in [3.63, 3.8) is 0 Å². The van der Waals surface area contributed by atoms with Gasteiger partial charge in [-0.05, 0) is 19.1 Å². The minimum absolute atomic E-state index is 0.0989. The molecule has 0 atom stereocenters. The van der Waals surface area contributed by atoms with Crippen LogP contribution in [0.1, 0.15) is 15.9 Å². The molecule has 1 saturated heterocycles. The van der Waals surface area contributed by atoms with Gasteiger partial charge in [0.25, 0.3) is 11.6 Å². The number of urea groups is 1. The molecule has 1 aliphatic heterocycles. The van der Waals surface area contributed by atoms with Gasteiger partial charge in [-0.25, -0.2) is 9.59 Å². The van der Waals surface area contributed by atoms with Gasteiger partial charge in [-0.2, -0.15) is 0 Å². The van der Waals surface area contributed by atoms with E-state index in [0.29, 0.717) is 12.1 Å². The number of carbonyl (C=O) groups excluding carboxylic acids is 3. The number of nitrogens with zero attached hydrogens (tertiary/aromatic N) is 2. The molecule has 3 amide bonds. The van der Waals surface area contributed by atoms with E-state index in [1.54, 1.807) is 0 Å². The molecule has 22 heavy (non-hydrogen) atoms. The third kappa shape index (κ3) is 3.19. The maximum atomic E-state index is 11.8. The Morgan fingerprint density at radius 1 is 1.45 bits per heavy atom. The number of benzene rings is 1. The van der Waals surface area contributed by atoms with Crippen molar-refractivity contribution in [3.8, 4) is 0 Å². The summed E-state index contributed by atoms with van der Waals surface area (Å²) in [4.78, 5) is 45.9. The van der Waals surface area contributed by atoms with Crippen LogP contribution in [0.15, 0.2) is 18.2 Å². The lowest BCUT2D eigenvalue weighted by Crippen LogP contribution is -2.37. The molecule has 1 heterocycles. The van der Waals surface area contributed by atoms with Crippen LogP contribution in [0, 0.1) is 17.0 Å². The van der Waals surface area contributed by atoms with Gasteiger partial charge in [-0.3, -0.25) is 19.8 Å². The van der Waals surface area contributed by atoms with E-state index in [4.69, 9.17) is 4.74 Å². The normalized spacial score (nSPS) is 13.7. The number of ether oxygens (including phenoxy) is 1. The molecule has 0 saturated carbocycles. The Balaban J connectivity index is 1.98. The van der Waals surface area contributed by atoms with Crippen molar-refractivity contribution in [2.24, 2.45) is 0 Å². The minimum Gasteiger partial charge on any atom is -0.452 e. The predicted octanol–water partition coefficient (Wildman–Crippen LogP) is 0.612. The summed E-state index contributed by atoms with van der Waals surface area (Å²) in [6.45, 7) is 1.52. The van der Waals surface area contributed by atoms with Crippen molar-refractivity contribution in [1.29, 1.82) is 0 Å². The van der Waals surface area contributed by atoms with Gasteiger partial charge in [-0.15, -0.1) is 0 Å². The molecule has 0 radical (unpaired) electrons. The Kier molecular flexibility index (Phi) is 4.35. The van der Waals surface area contributed by atoms with Crippen LogP contribution >= 0.6 is 0 Å². The average Bonchev–Trinajstić information content (AvgIpc) is 2.90. The second-order valence-corrected chi connectivity index (χ2v) is 4.61. The molecule has 9 heteroatoms. The lowest BCUT2D eigenvalue weighted by atomic mass is 10.1. The van der Waals surface area contributed by atoms with Crippen molar-refractivity contribution in [3.05, 3.63) is 39.4 Å². The first-order valence-electron chi connectivity index (χ1n) is 6.40. The van der Waals surface area contributed by atoms with Crippen LogP contribution in [0.5, 0.6) is 0 Å². The van der Waals surface area contributed by atoms with Crippen LogP contribution in [0.2, 0.25) is 0 Å². The summed E-state index contributed by atoms with van der Waals surface area (Å²) < 4.78 is 4.83. The van der Waals surface area contributed by atoms with Crippen molar-refractivity contribution in [1.82, 2.24) is 10.2 Å². The van der Waals surface area contributed by atoms with E-state index in [1.807, 2.05) is 0 Å². The molecule has 1 N–H and O–H groups in total. The fourth-order valence-corrected chi connectivity index (χ4v) is 1.99. The number of rotatable bonds is 4. The van der Waals surface area contributed by atoms with E-state index in [-0.39, 0.29) is 17.8 Å². The van der Waals surface area contributed by atoms with E-state index in [9.17, 15) is 24.5 Å². The summed E-state index contributed by atoms with van der Waals surface area (Å²) in [6, 6.07) is 3.24. The maximum absolute atomic E-state index is 11.8. The molecule has 0 aromatic heterocycles. The summed E-state index contributed by atoms with van der Waals surface area (Å²) in [5, 5.41) is 13.2. The Bertz CT molecular complexity index is 657. The molecule has 0 bridgehead atoms. The van der Waals surface area contributed by atoms with Gasteiger partial charge >= 0.3 is 12.0 Å². The topological polar surface area (TPSA) is 119 Å². The van der Waals surface area contributed by atoms with Crippen LogP contribution in [0.4, 0.5) is 10.5 Å². The number of esters is 1. The summed E-state index contributed by atoms with van der Waals surface area (Å²) >= 11 is 0. The number of imide groups is 1. The first kappa shape index (κ1) is 15.4. The van der Waals surface area contributed by atoms with E-state index < -0.39 is 29.4 Å². The zero-order valence-corrected chi connectivity index (χ0v) is 11.7. The highest BCUT2D eigenvalue weighted by Crippen LogP contribution is 2.19. The number of hydrogen-bond donors (Lipinski definition) is 1. The second kappa shape index (κ2) is 6.20. The Morgan fingerprint density at radius 3 is 2.73 bits per heavy atom. The minimum atomic E-state index is -0.786. The van der Waals surface area contributed by atoms with Gasteiger partial charge in [0.2, 0.25) is 0 Å². The predicted molar refractivity (Wildman–Crippen MR) is 73.2 cm³/mol. The third-order valence-corrected chi connectivity index (χ3v) is 3.11. The molecule has 1 aromatic rings. The molecule has 116 valence electrons. The van der Waals surface area contributed by atoms with E-state index in [0.717, 1.165) is 4.90 Å². The van der Waals surface area contributed by atoms with Crippen molar-refractivity contribution < 1.29 is 24.0 Å². The number of nitro groups is 1. The molecule has 0 unspecified atom stereocenters. The summed E-state index contributed by atoms with van der Waals surface area (Å²) in [7, 11) is 0. The number of aryl methyl sites for hydroxylation is 1. The van der Waals surface area contributed by atoms with Crippen molar-refractivity contribution in [2.75, 3.05) is 19.7 Å². The highest BCUT2D eigenvalue weighted by Gasteiger charge is 2.27. The molecule has 0 spiro atoms. The van der Waals surface area contributed by atoms with Crippen LogP contribution < -0.4 is 5.32 Å². The number of carbonyl (C=O) groups is 3. The summed E-state index contributed by atoms with van der Waals surface area (Å²) in [6.07, 6.45) is 0. The highest BCUT2D eigenvalue weighted by atomic mass is 16.6. The third-order valence-electron chi connectivity index (χ3n) is 3.11. The molecule has 2 rings (SSSR count). The highest BCUT2D eigenvalue weighted by molar-refractivity contribution is 5.98. The first-order chi connectivity index (χ1) is 10.4. The van der Waals surface area contributed by atoms with Gasteiger partial charge in [-0.1, -0.05) is 0 Å². The zero-order valence-electron chi connectivity index (χ0n) is 11.7. The van der Waals surface area contributed by atoms with Crippen LogP contribution in [0.25, 0.3) is 0 Å². The van der Waals surface area contributed by atoms with E-state index in [1.165, 1.54) is 25.1 Å². The molecule has 9 nitrogen and oxygen atoms in total. The molecular formula is C13H13N3O6. The van der Waals surface area contributed by atoms with Crippen LogP contribution in [-0.4, -0.2) is 47.4 Å². The number of hydrogen-bond acceptors (Lipinski definition) is 6. The first-order valence-corrected chi connectivity index (χ1v) is 6.40. The molecule has 0 aliphatic carbocycles. The standard InChI is InChI=1S/C13H13N3O6/c1-8-6-9(2-3-10(8)16(20)21)12(18)22-7-11(17)15-5-4-14-13(15)19/h2-3,6H,4-5,7H2,1H3,(H,14,19). The lowest BCUT2D eigenvalue weighted by molar-refractivity contribution is -0.385. The van der Waals surface area contributed by atoms with E-state index >= 15 is 0 Å². The van der Waals surface area contributed by atoms with Gasteiger partial charge in [0.05, 0.1) is 10.5 Å². The average molecular weight is 307 g/mol. The second-order valence-electron chi connectivity index (χ2n) is 4.61. The lowest BCUT2D eigenvalue weighted by Gasteiger charge is -2.12. The number of nitrogens with one attached hydrogen (secondary N) is 1.